The van der Waals surface area contributed by atoms with E-state index in [0.29, 0.717) is 12.1 Å². The van der Waals surface area contributed by atoms with Crippen LogP contribution in [0.4, 0.5) is 10.5 Å². The van der Waals surface area contributed by atoms with Gasteiger partial charge in [0.05, 0.1) is 18.2 Å². The largest absolute Gasteiger partial charge is 0.334 e. The molecular formula is C15H17N5O. The Morgan fingerprint density at radius 2 is 2.19 bits per heavy atom. The average Bonchev–Trinajstić information content (AvgIpc) is 3.01. The molecule has 2 aromatic rings. The molecule has 0 bridgehead atoms. The predicted octanol–water partition coefficient (Wildman–Crippen LogP) is 2.69. The Hall–Kier alpha value is -2.81. The number of aromatic nitrogens is 2. The Kier molecular flexibility index (Phi) is 4.94. The summed E-state index contributed by atoms with van der Waals surface area (Å²) in [4.78, 5) is 11.8. The van der Waals surface area contributed by atoms with Crippen molar-refractivity contribution in [2.75, 3.05) is 5.32 Å². The standard InChI is InChI=1S/C15H17N5O/c1-2-12(8-9-16)18-15(21)19-13-4-6-14(7-5-13)20-11-3-10-17-20/h3-7,10-12H,2,8H2,1H3,(H2,18,19,21)/t12-/m1/s1. The molecule has 2 N–H and O–H groups in total. The van der Waals surface area contributed by atoms with Crippen LogP contribution in [0.15, 0.2) is 42.7 Å². The fourth-order valence-corrected chi connectivity index (χ4v) is 1.88. The van der Waals surface area contributed by atoms with Crippen LogP contribution in [-0.4, -0.2) is 21.9 Å². The van der Waals surface area contributed by atoms with Gasteiger partial charge in [-0.3, -0.25) is 0 Å². The van der Waals surface area contributed by atoms with Gasteiger partial charge in [-0.05, 0) is 36.8 Å². The summed E-state index contributed by atoms with van der Waals surface area (Å²) >= 11 is 0. The molecule has 108 valence electrons. The van der Waals surface area contributed by atoms with Gasteiger partial charge in [0, 0.05) is 24.1 Å². The average molecular weight is 283 g/mol. The summed E-state index contributed by atoms with van der Waals surface area (Å²) in [7, 11) is 0. The molecule has 6 heteroatoms. The van der Waals surface area contributed by atoms with Gasteiger partial charge in [0.1, 0.15) is 0 Å². The maximum atomic E-state index is 11.8. The number of rotatable bonds is 5. The highest BCUT2D eigenvalue weighted by atomic mass is 16.2. The molecule has 1 aromatic heterocycles. The molecule has 6 nitrogen and oxygen atoms in total. The quantitative estimate of drug-likeness (QED) is 0.885. The van der Waals surface area contributed by atoms with Crippen molar-refractivity contribution < 1.29 is 4.79 Å². The lowest BCUT2D eigenvalue weighted by atomic mass is 10.2. The molecule has 1 heterocycles. The number of nitrogens with one attached hydrogen (secondary N) is 2. The van der Waals surface area contributed by atoms with Gasteiger partial charge in [0.2, 0.25) is 0 Å². The molecule has 21 heavy (non-hydrogen) atoms. The van der Waals surface area contributed by atoms with Crippen LogP contribution in [0.3, 0.4) is 0 Å². The minimum Gasteiger partial charge on any atom is -0.334 e. The zero-order valence-corrected chi connectivity index (χ0v) is 11.8. The van der Waals surface area contributed by atoms with Crippen LogP contribution in [0.25, 0.3) is 5.69 Å². The number of nitrogens with zero attached hydrogens (tertiary/aromatic N) is 3. The predicted molar refractivity (Wildman–Crippen MR) is 80.0 cm³/mol. The van der Waals surface area contributed by atoms with E-state index in [1.54, 1.807) is 10.9 Å². The molecule has 0 spiro atoms. The van der Waals surface area contributed by atoms with Crippen molar-refractivity contribution in [2.45, 2.75) is 25.8 Å². The molecule has 0 saturated carbocycles. The molecular weight excluding hydrogens is 266 g/mol. The van der Waals surface area contributed by atoms with E-state index < -0.39 is 0 Å². The van der Waals surface area contributed by atoms with Gasteiger partial charge < -0.3 is 10.6 Å². The molecule has 0 aliphatic heterocycles. The first kappa shape index (κ1) is 14.6. The third-order valence-electron chi connectivity index (χ3n) is 3.06. The molecule has 0 radical (unpaired) electrons. The highest BCUT2D eigenvalue weighted by Crippen LogP contribution is 2.12. The zero-order valence-electron chi connectivity index (χ0n) is 11.8. The number of carbonyl (C=O) groups excluding carboxylic acids is 1. The van der Waals surface area contributed by atoms with Gasteiger partial charge in [-0.25, -0.2) is 9.48 Å². The smallest absolute Gasteiger partial charge is 0.319 e. The van der Waals surface area contributed by atoms with E-state index in [1.807, 2.05) is 43.5 Å². The summed E-state index contributed by atoms with van der Waals surface area (Å²) in [6.07, 6.45) is 4.59. The van der Waals surface area contributed by atoms with Crippen molar-refractivity contribution >= 4 is 11.7 Å². The number of hydrogen-bond donors (Lipinski definition) is 2. The highest BCUT2D eigenvalue weighted by molar-refractivity contribution is 5.89. The summed E-state index contributed by atoms with van der Waals surface area (Å²) in [5.41, 5.74) is 1.61. The van der Waals surface area contributed by atoms with E-state index in [-0.39, 0.29) is 12.1 Å². The first-order valence-electron chi connectivity index (χ1n) is 6.77. The third-order valence-corrected chi connectivity index (χ3v) is 3.06. The number of urea groups is 1. The SMILES string of the molecule is CC[C@H](CC#N)NC(=O)Nc1ccc(-n2cccn2)cc1. The lowest BCUT2D eigenvalue weighted by molar-refractivity contribution is 0.248. The lowest BCUT2D eigenvalue weighted by Crippen LogP contribution is -2.37. The van der Waals surface area contributed by atoms with E-state index in [1.165, 1.54) is 0 Å². The van der Waals surface area contributed by atoms with Crippen molar-refractivity contribution in [3.8, 4) is 11.8 Å². The number of benzene rings is 1. The minimum absolute atomic E-state index is 0.127. The minimum atomic E-state index is -0.302. The number of amides is 2. The molecule has 0 aliphatic rings. The summed E-state index contributed by atoms with van der Waals surface area (Å²) < 4.78 is 1.74. The van der Waals surface area contributed by atoms with Crippen molar-refractivity contribution in [3.05, 3.63) is 42.7 Å². The molecule has 0 saturated heterocycles. The Morgan fingerprint density at radius 1 is 1.43 bits per heavy atom. The van der Waals surface area contributed by atoms with Crippen LogP contribution in [0.5, 0.6) is 0 Å². The van der Waals surface area contributed by atoms with E-state index in [4.69, 9.17) is 5.26 Å². The molecule has 1 atom stereocenters. The molecule has 1 aromatic carbocycles. The number of carbonyl (C=O) groups is 1. The van der Waals surface area contributed by atoms with E-state index in [9.17, 15) is 4.79 Å². The second-order valence-electron chi connectivity index (χ2n) is 4.56. The van der Waals surface area contributed by atoms with E-state index in [2.05, 4.69) is 21.8 Å². The number of anilines is 1. The van der Waals surface area contributed by atoms with Crippen molar-refractivity contribution in [1.82, 2.24) is 15.1 Å². The summed E-state index contributed by atoms with van der Waals surface area (Å²) in [6.45, 7) is 1.93. The number of nitriles is 1. The Bertz CT molecular complexity index is 613. The van der Waals surface area contributed by atoms with Crippen LogP contribution in [0.2, 0.25) is 0 Å². The summed E-state index contributed by atoms with van der Waals surface area (Å²) in [6, 6.07) is 10.8. The first-order chi connectivity index (χ1) is 10.2. The topological polar surface area (TPSA) is 82.7 Å². The summed E-state index contributed by atoms with van der Waals surface area (Å²) in [5, 5.41) is 18.3. The Balaban J connectivity index is 1.94. The van der Waals surface area contributed by atoms with Gasteiger partial charge in [-0.1, -0.05) is 6.92 Å². The van der Waals surface area contributed by atoms with Gasteiger partial charge in [0.25, 0.3) is 0 Å². The van der Waals surface area contributed by atoms with Gasteiger partial charge in [0.15, 0.2) is 0 Å². The van der Waals surface area contributed by atoms with Crippen molar-refractivity contribution in [1.29, 1.82) is 5.26 Å². The van der Waals surface area contributed by atoms with Crippen LogP contribution >= 0.6 is 0 Å². The zero-order chi connectivity index (χ0) is 15.1. The molecule has 0 unspecified atom stereocenters. The molecule has 2 rings (SSSR count). The van der Waals surface area contributed by atoms with Gasteiger partial charge >= 0.3 is 6.03 Å². The Labute approximate surface area is 123 Å². The second kappa shape index (κ2) is 7.10. The first-order valence-corrected chi connectivity index (χ1v) is 6.77. The number of hydrogen-bond acceptors (Lipinski definition) is 3. The van der Waals surface area contributed by atoms with E-state index in [0.717, 1.165) is 12.1 Å². The lowest BCUT2D eigenvalue weighted by Gasteiger charge is -2.14. The van der Waals surface area contributed by atoms with Crippen LogP contribution < -0.4 is 10.6 Å². The fourth-order valence-electron chi connectivity index (χ4n) is 1.88. The van der Waals surface area contributed by atoms with Crippen LogP contribution in [0.1, 0.15) is 19.8 Å². The maximum Gasteiger partial charge on any atom is 0.319 e. The second-order valence-corrected chi connectivity index (χ2v) is 4.56. The fraction of sp³-hybridized carbons (Fsp3) is 0.267. The monoisotopic (exact) mass is 283 g/mol. The van der Waals surface area contributed by atoms with E-state index >= 15 is 0 Å². The maximum absolute atomic E-state index is 11.8. The normalized spacial score (nSPS) is 11.4. The van der Waals surface area contributed by atoms with Gasteiger partial charge in [-0.2, -0.15) is 10.4 Å². The third kappa shape index (κ3) is 4.08. The summed E-state index contributed by atoms with van der Waals surface area (Å²) in [5.74, 6) is 0. The van der Waals surface area contributed by atoms with Gasteiger partial charge in [-0.15, -0.1) is 0 Å². The van der Waals surface area contributed by atoms with Crippen molar-refractivity contribution in [3.63, 3.8) is 0 Å². The molecule has 2 amide bonds. The molecule has 0 fully saturated rings. The Morgan fingerprint density at radius 3 is 2.76 bits per heavy atom. The van der Waals surface area contributed by atoms with Crippen LogP contribution in [0, 0.1) is 11.3 Å². The molecule has 0 aliphatic carbocycles. The van der Waals surface area contributed by atoms with Crippen LogP contribution in [-0.2, 0) is 0 Å². The van der Waals surface area contributed by atoms with Crippen molar-refractivity contribution in [2.24, 2.45) is 0 Å². The highest BCUT2D eigenvalue weighted by Gasteiger charge is 2.09.